The molecular weight excluding hydrogens is 529 g/mol. The SMILES string of the molecule is [CH2-]c1ccccc1N(C)C.[CH2-]c1ccccc1N(C)C.[CH2-]c1ccccc1N(C)C.[Dy+3]. The first-order valence-electron chi connectivity index (χ1n) is 9.90. The van der Waals surface area contributed by atoms with Crippen molar-refractivity contribution in [3.8, 4) is 0 Å². The Kier molecular flexibility index (Phi) is 13.9. The topological polar surface area (TPSA) is 9.72 Å². The minimum Gasteiger partial charge on any atom is -0.428 e. The summed E-state index contributed by atoms with van der Waals surface area (Å²) in [5.74, 6) is 0. The fraction of sp³-hybridized carbons (Fsp3) is 0.222. The predicted octanol–water partition coefficient (Wildman–Crippen LogP) is 5.80. The molecule has 0 N–H and O–H groups in total. The standard InChI is InChI=1S/3C9H12N.Dy/c3*1-8-6-4-5-7-9(8)10(2)3;/h3*4-7H,1H2,2-3H3;/q3*-1;+3. The summed E-state index contributed by atoms with van der Waals surface area (Å²) < 4.78 is 0. The van der Waals surface area contributed by atoms with Crippen LogP contribution in [0.15, 0.2) is 72.8 Å². The van der Waals surface area contributed by atoms with Crippen LogP contribution in [0.2, 0.25) is 0 Å². The van der Waals surface area contributed by atoms with E-state index in [2.05, 4.69) is 53.7 Å². The molecule has 0 aromatic heterocycles. The third-order valence-corrected chi connectivity index (χ3v) is 4.42. The minimum atomic E-state index is 0. The van der Waals surface area contributed by atoms with E-state index in [0.717, 1.165) is 16.7 Å². The molecule has 0 aliphatic rings. The molecule has 0 heterocycles. The number of rotatable bonds is 3. The predicted molar refractivity (Wildman–Crippen MR) is 136 cm³/mol. The van der Waals surface area contributed by atoms with Crippen LogP contribution in [-0.4, -0.2) is 42.3 Å². The zero-order valence-corrected chi connectivity index (χ0v) is 21.7. The Morgan fingerprint density at radius 2 is 0.613 bits per heavy atom. The molecule has 0 unspecified atom stereocenters. The van der Waals surface area contributed by atoms with Crippen LogP contribution in [0.4, 0.5) is 17.1 Å². The maximum atomic E-state index is 3.90. The van der Waals surface area contributed by atoms with E-state index in [0.29, 0.717) is 0 Å². The van der Waals surface area contributed by atoms with Crippen molar-refractivity contribution in [2.45, 2.75) is 0 Å². The van der Waals surface area contributed by atoms with Crippen molar-refractivity contribution in [2.75, 3.05) is 57.0 Å². The zero-order chi connectivity index (χ0) is 22.7. The van der Waals surface area contributed by atoms with E-state index in [4.69, 9.17) is 0 Å². The average molecular weight is 565 g/mol. The Balaban J connectivity index is 0.000000429. The molecule has 0 aliphatic carbocycles. The maximum Gasteiger partial charge on any atom is 3.00 e. The fourth-order valence-corrected chi connectivity index (χ4v) is 2.84. The second kappa shape index (κ2) is 14.9. The van der Waals surface area contributed by atoms with E-state index in [9.17, 15) is 0 Å². The van der Waals surface area contributed by atoms with E-state index >= 15 is 0 Å². The van der Waals surface area contributed by atoms with Crippen molar-refractivity contribution < 1.29 is 38.2 Å². The van der Waals surface area contributed by atoms with E-state index in [1.807, 2.05) is 96.9 Å². The summed E-state index contributed by atoms with van der Waals surface area (Å²) in [7, 11) is 12.1. The summed E-state index contributed by atoms with van der Waals surface area (Å²) in [4.78, 5) is 6.17. The van der Waals surface area contributed by atoms with Gasteiger partial charge < -0.3 is 14.7 Å². The Morgan fingerprint density at radius 1 is 0.419 bits per heavy atom. The van der Waals surface area contributed by atoms with Gasteiger partial charge in [-0.15, -0.1) is 18.2 Å². The summed E-state index contributed by atoms with van der Waals surface area (Å²) in [6.45, 7) is 11.7. The van der Waals surface area contributed by atoms with Crippen LogP contribution in [-0.2, 0) is 0 Å². The van der Waals surface area contributed by atoms with E-state index in [-0.39, 0.29) is 38.2 Å². The van der Waals surface area contributed by atoms with E-state index in [1.54, 1.807) is 0 Å². The van der Waals surface area contributed by atoms with Gasteiger partial charge >= 0.3 is 38.2 Å². The first-order valence-corrected chi connectivity index (χ1v) is 9.90. The molecule has 3 nitrogen and oxygen atoms in total. The van der Waals surface area contributed by atoms with Gasteiger partial charge in [-0.2, -0.15) is 55.7 Å². The van der Waals surface area contributed by atoms with Crippen LogP contribution in [0.5, 0.6) is 0 Å². The summed E-state index contributed by atoms with van der Waals surface area (Å²) in [5, 5.41) is 0. The van der Waals surface area contributed by atoms with Crippen molar-refractivity contribution in [1.82, 2.24) is 0 Å². The number of anilines is 3. The van der Waals surface area contributed by atoms with Crippen LogP contribution < -0.4 is 14.7 Å². The molecule has 0 saturated carbocycles. The molecule has 4 heteroatoms. The average Bonchev–Trinajstić information content (AvgIpc) is 2.69. The summed E-state index contributed by atoms with van der Waals surface area (Å²) in [6, 6.07) is 24.2. The van der Waals surface area contributed by atoms with Crippen molar-refractivity contribution >= 4 is 17.1 Å². The summed E-state index contributed by atoms with van der Waals surface area (Å²) >= 11 is 0. The Morgan fingerprint density at radius 3 is 0.742 bits per heavy atom. The number of para-hydroxylation sites is 3. The van der Waals surface area contributed by atoms with Gasteiger partial charge in [0.25, 0.3) is 0 Å². The van der Waals surface area contributed by atoms with Crippen molar-refractivity contribution in [3.05, 3.63) is 110 Å². The van der Waals surface area contributed by atoms with Gasteiger partial charge in [0.2, 0.25) is 0 Å². The molecular formula is C27H36DyN3. The molecule has 3 rings (SSSR count). The minimum absolute atomic E-state index is 0. The molecule has 3 aromatic rings. The van der Waals surface area contributed by atoms with Gasteiger partial charge in [0.15, 0.2) is 0 Å². The van der Waals surface area contributed by atoms with Crippen molar-refractivity contribution in [3.63, 3.8) is 0 Å². The normalized spacial score (nSPS) is 9.10. The van der Waals surface area contributed by atoms with Crippen LogP contribution in [0.25, 0.3) is 0 Å². The van der Waals surface area contributed by atoms with Gasteiger partial charge in [0.1, 0.15) is 0 Å². The summed E-state index contributed by atoms with van der Waals surface area (Å²) in [6.07, 6.45) is 0. The molecule has 0 fully saturated rings. The van der Waals surface area contributed by atoms with Crippen LogP contribution in [0.1, 0.15) is 16.7 Å². The van der Waals surface area contributed by atoms with Gasteiger partial charge in [-0.3, -0.25) is 0 Å². The molecule has 3 aromatic carbocycles. The van der Waals surface area contributed by atoms with Crippen LogP contribution >= 0.6 is 0 Å². The Bertz CT molecular complexity index is 771. The quantitative estimate of drug-likeness (QED) is 0.372. The monoisotopic (exact) mass is 566 g/mol. The molecule has 0 aliphatic heterocycles. The molecule has 0 bridgehead atoms. The first kappa shape index (κ1) is 28.9. The smallest absolute Gasteiger partial charge is 0.428 e. The molecule has 0 saturated heterocycles. The third kappa shape index (κ3) is 10.2. The number of hydrogen-bond donors (Lipinski definition) is 0. The van der Waals surface area contributed by atoms with Gasteiger partial charge in [0.05, 0.1) is 0 Å². The number of benzene rings is 3. The summed E-state index contributed by atoms with van der Waals surface area (Å²) in [5.41, 5.74) is 6.78. The molecule has 31 heavy (non-hydrogen) atoms. The molecule has 169 valence electrons. The Hall–Kier alpha value is -2.06. The molecule has 0 spiro atoms. The second-order valence-electron chi connectivity index (χ2n) is 7.57. The third-order valence-electron chi connectivity index (χ3n) is 4.42. The number of nitrogens with zero attached hydrogens (tertiary/aromatic N) is 3. The Labute approximate surface area is 221 Å². The van der Waals surface area contributed by atoms with Gasteiger partial charge in [-0.1, -0.05) is 53.5 Å². The molecule has 1 radical (unpaired) electrons. The van der Waals surface area contributed by atoms with Crippen LogP contribution in [0.3, 0.4) is 0 Å². The molecule has 0 amide bonds. The van der Waals surface area contributed by atoms with Gasteiger partial charge in [-0.25, -0.2) is 0 Å². The number of hydrogen-bond acceptors (Lipinski definition) is 3. The van der Waals surface area contributed by atoms with Crippen LogP contribution in [0, 0.1) is 58.9 Å². The second-order valence-corrected chi connectivity index (χ2v) is 7.57. The largest absolute Gasteiger partial charge is 3.00 e. The van der Waals surface area contributed by atoms with Crippen molar-refractivity contribution in [1.29, 1.82) is 0 Å². The van der Waals surface area contributed by atoms with Crippen molar-refractivity contribution in [2.24, 2.45) is 0 Å². The molecule has 0 atom stereocenters. The zero-order valence-electron chi connectivity index (χ0n) is 19.7. The maximum absolute atomic E-state index is 3.90. The van der Waals surface area contributed by atoms with E-state index < -0.39 is 0 Å². The van der Waals surface area contributed by atoms with Gasteiger partial charge in [-0.05, 0) is 42.3 Å². The fourth-order valence-electron chi connectivity index (χ4n) is 2.84. The first-order chi connectivity index (χ1) is 14.1. The van der Waals surface area contributed by atoms with Gasteiger partial charge in [0, 0.05) is 0 Å². The van der Waals surface area contributed by atoms with E-state index in [1.165, 1.54) is 17.1 Å².